The van der Waals surface area contributed by atoms with Crippen molar-refractivity contribution in [3.05, 3.63) is 29.3 Å². The zero-order valence-corrected chi connectivity index (χ0v) is 14.7. The minimum absolute atomic E-state index is 0.120. The predicted molar refractivity (Wildman–Crippen MR) is 89.9 cm³/mol. The lowest BCUT2D eigenvalue weighted by Crippen LogP contribution is -2.39. The van der Waals surface area contributed by atoms with E-state index < -0.39 is 10.0 Å². The number of benzene rings is 1. The summed E-state index contributed by atoms with van der Waals surface area (Å²) in [6.45, 7) is 2.38. The monoisotopic (exact) mass is 359 g/mol. The van der Waals surface area contributed by atoms with Crippen LogP contribution in [0.2, 0.25) is 5.02 Å². The Morgan fingerprint density at radius 3 is 2.70 bits per heavy atom. The Bertz CT molecular complexity index is 628. The molecule has 8 heteroatoms. The van der Waals surface area contributed by atoms with Gasteiger partial charge in [0.25, 0.3) is 0 Å². The lowest BCUT2D eigenvalue weighted by molar-refractivity contribution is -0.121. The number of carbonyl (C=O) groups is 1. The number of nitrogens with one attached hydrogen (secondary N) is 2. The van der Waals surface area contributed by atoms with E-state index in [9.17, 15) is 13.2 Å². The molecule has 0 aliphatic carbocycles. The van der Waals surface area contributed by atoms with E-state index in [0.717, 1.165) is 30.2 Å². The average Bonchev–Trinajstić information content (AvgIpc) is 3.01. The van der Waals surface area contributed by atoms with E-state index in [1.807, 2.05) is 0 Å². The molecular weight excluding hydrogens is 338 g/mol. The first-order valence-electron chi connectivity index (χ1n) is 7.59. The van der Waals surface area contributed by atoms with Crippen LogP contribution in [0.15, 0.2) is 29.2 Å². The number of nitrogens with zero attached hydrogens (tertiary/aromatic N) is 1. The predicted octanol–water partition coefficient (Wildman–Crippen LogP) is 1.08. The first kappa shape index (κ1) is 18.2. The first-order chi connectivity index (χ1) is 10.9. The van der Waals surface area contributed by atoms with Gasteiger partial charge in [-0.25, -0.2) is 8.42 Å². The standard InChI is InChI=1S/C15H22ClN3O3S/c1-19(23(21,22)14-4-2-13(16)3-5-14)11-15(20)18-9-7-12-6-8-17-10-12/h2-5,12,17H,6-11H2,1H3,(H,18,20). The number of amides is 1. The number of sulfonamides is 1. The topological polar surface area (TPSA) is 78.5 Å². The third-order valence-corrected chi connectivity index (χ3v) is 5.99. The number of rotatable bonds is 7. The molecule has 1 fully saturated rings. The molecule has 0 aromatic heterocycles. The molecule has 0 radical (unpaired) electrons. The van der Waals surface area contributed by atoms with Gasteiger partial charge in [-0.3, -0.25) is 4.79 Å². The highest BCUT2D eigenvalue weighted by Crippen LogP contribution is 2.17. The van der Waals surface area contributed by atoms with E-state index >= 15 is 0 Å². The molecule has 1 aliphatic heterocycles. The molecule has 1 heterocycles. The van der Waals surface area contributed by atoms with Crippen molar-refractivity contribution in [1.82, 2.24) is 14.9 Å². The molecule has 0 bridgehead atoms. The number of carbonyl (C=O) groups excluding carboxylic acids is 1. The summed E-state index contributed by atoms with van der Waals surface area (Å²) in [5.74, 6) is 0.293. The lowest BCUT2D eigenvalue weighted by Gasteiger charge is -2.17. The third kappa shape index (κ3) is 5.17. The summed E-state index contributed by atoms with van der Waals surface area (Å²) < 4.78 is 25.8. The van der Waals surface area contributed by atoms with Crippen LogP contribution in [0.25, 0.3) is 0 Å². The van der Waals surface area contributed by atoms with Crippen LogP contribution in [-0.2, 0) is 14.8 Å². The molecule has 128 valence electrons. The Balaban J connectivity index is 1.83. The summed E-state index contributed by atoms with van der Waals surface area (Å²) in [5, 5.41) is 6.52. The smallest absolute Gasteiger partial charge is 0.243 e. The SMILES string of the molecule is CN(CC(=O)NCCC1CCNC1)S(=O)(=O)c1ccc(Cl)cc1. The fourth-order valence-electron chi connectivity index (χ4n) is 2.51. The summed E-state index contributed by atoms with van der Waals surface area (Å²) in [4.78, 5) is 12.0. The highest BCUT2D eigenvalue weighted by Gasteiger charge is 2.23. The Hall–Kier alpha value is -1.15. The number of likely N-dealkylation sites (N-methyl/N-ethyl adjacent to an activating group) is 1. The highest BCUT2D eigenvalue weighted by atomic mass is 35.5. The van der Waals surface area contributed by atoms with Crippen molar-refractivity contribution in [2.24, 2.45) is 5.92 Å². The van der Waals surface area contributed by atoms with Crippen LogP contribution in [-0.4, -0.2) is 51.9 Å². The van der Waals surface area contributed by atoms with Crippen molar-refractivity contribution in [3.8, 4) is 0 Å². The van der Waals surface area contributed by atoms with Crippen molar-refractivity contribution in [2.45, 2.75) is 17.7 Å². The maximum atomic E-state index is 12.4. The molecule has 1 amide bonds. The van der Waals surface area contributed by atoms with E-state index in [1.165, 1.54) is 31.3 Å². The second kappa shape index (κ2) is 8.10. The van der Waals surface area contributed by atoms with E-state index in [-0.39, 0.29) is 17.3 Å². The zero-order valence-electron chi connectivity index (χ0n) is 13.1. The van der Waals surface area contributed by atoms with Gasteiger partial charge in [0, 0.05) is 18.6 Å². The Morgan fingerprint density at radius 2 is 2.09 bits per heavy atom. The van der Waals surface area contributed by atoms with E-state index in [4.69, 9.17) is 11.6 Å². The van der Waals surface area contributed by atoms with Crippen molar-refractivity contribution in [3.63, 3.8) is 0 Å². The molecule has 1 aromatic rings. The van der Waals surface area contributed by atoms with Crippen LogP contribution in [0.4, 0.5) is 0 Å². The number of halogens is 1. The highest BCUT2D eigenvalue weighted by molar-refractivity contribution is 7.89. The van der Waals surface area contributed by atoms with Gasteiger partial charge in [0.2, 0.25) is 15.9 Å². The first-order valence-corrected chi connectivity index (χ1v) is 9.40. The van der Waals surface area contributed by atoms with Gasteiger partial charge in [-0.2, -0.15) is 4.31 Å². The van der Waals surface area contributed by atoms with Gasteiger partial charge in [0.1, 0.15) is 0 Å². The molecule has 1 saturated heterocycles. The molecule has 0 spiro atoms. The fraction of sp³-hybridized carbons (Fsp3) is 0.533. The minimum Gasteiger partial charge on any atom is -0.355 e. The van der Waals surface area contributed by atoms with Crippen molar-refractivity contribution in [1.29, 1.82) is 0 Å². The van der Waals surface area contributed by atoms with Crippen molar-refractivity contribution in [2.75, 3.05) is 33.2 Å². The van der Waals surface area contributed by atoms with E-state index in [0.29, 0.717) is 17.5 Å². The summed E-state index contributed by atoms with van der Waals surface area (Å²) in [5.41, 5.74) is 0. The number of hydrogen-bond acceptors (Lipinski definition) is 4. The number of hydrogen-bond donors (Lipinski definition) is 2. The van der Waals surface area contributed by atoms with Crippen molar-refractivity contribution < 1.29 is 13.2 Å². The average molecular weight is 360 g/mol. The van der Waals surface area contributed by atoms with Gasteiger partial charge in [0.05, 0.1) is 11.4 Å². The second-order valence-corrected chi connectivity index (χ2v) is 8.19. The molecule has 1 aromatic carbocycles. The summed E-state index contributed by atoms with van der Waals surface area (Å²) >= 11 is 5.76. The molecule has 2 rings (SSSR count). The Morgan fingerprint density at radius 1 is 1.39 bits per heavy atom. The molecule has 1 atom stereocenters. The lowest BCUT2D eigenvalue weighted by atomic mass is 10.1. The van der Waals surface area contributed by atoms with Crippen LogP contribution < -0.4 is 10.6 Å². The van der Waals surface area contributed by atoms with Crippen LogP contribution in [0.1, 0.15) is 12.8 Å². The molecule has 6 nitrogen and oxygen atoms in total. The maximum Gasteiger partial charge on any atom is 0.243 e. The molecule has 1 unspecified atom stereocenters. The molecule has 23 heavy (non-hydrogen) atoms. The van der Waals surface area contributed by atoms with E-state index in [2.05, 4.69) is 10.6 Å². The maximum absolute atomic E-state index is 12.4. The van der Waals surface area contributed by atoms with Crippen molar-refractivity contribution >= 4 is 27.5 Å². The molecule has 2 N–H and O–H groups in total. The van der Waals surface area contributed by atoms with Gasteiger partial charge in [-0.15, -0.1) is 0 Å². The zero-order chi connectivity index (χ0) is 16.9. The van der Waals surface area contributed by atoms with Crippen LogP contribution in [0.3, 0.4) is 0 Å². The minimum atomic E-state index is -3.69. The van der Waals surface area contributed by atoms with Gasteiger partial charge >= 0.3 is 0 Å². The third-order valence-electron chi connectivity index (χ3n) is 3.93. The molecular formula is C15H22ClN3O3S. The quantitative estimate of drug-likeness (QED) is 0.763. The Labute approximate surface area is 142 Å². The molecule has 0 saturated carbocycles. The van der Waals surface area contributed by atoms with Crippen LogP contribution >= 0.6 is 11.6 Å². The van der Waals surface area contributed by atoms with Gasteiger partial charge in [-0.05, 0) is 56.1 Å². The normalized spacial score (nSPS) is 18.3. The fourth-order valence-corrected chi connectivity index (χ4v) is 3.76. The van der Waals surface area contributed by atoms with E-state index in [1.54, 1.807) is 0 Å². The van der Waals surface area contributed by atoms with Crippen LogP contribution in [0.5, 0.6) is 0 Å². The van der Waals surface area contributed by atoms with Crippen LogP contribution in [0, 0.1) is 5.92 Å². The van der Waals surface area contributed by atoms with Gasteiger partial charge in [0.15, 0.2) is 0 Å². The molecule has 1 aliphatic rings. The summed E-state index contributed by atoms with van der Waals surface area (Å²) in [7, 11) is -2.29. The van der Waals surface area contributed by atoms with Gasteiger partial charge in [-0.1, -0.05) is 11.6 Å². The largest absolute Gasteiger partial charge is 0.355 e. The Kier molecular flexibility index (Phi) is 6.41. The van der Waals surface area contributed by atoms with Gasteiger partial charge < -0.3 is 10.6 Å². The summed E-state index contributed by atoms with van der Waals surface area (Å²) in [6, 6.07) is 5.88. The summed E-state index contributed by atoms with van der Waals surface area (Å²) in [6.07, 6.45) is 2.03. The second-order valence-electron chi connectivity index (χ2n) is 5.71.